The summed E-state index contributed by atoms with van der Waals surface area (Å²) >= 11 is 0. The van der Waals surface area contributed by atoms with Gasteiger partial charge in [-0.1, -0.05) is 6.07 Å². The number of carbonyl (C=O) groups is 1. The lowest BCUT2D eigenvalue weighted by atomic mass is 9.98. The fourth-order valence-corrected chi connectivity index (χ4v) is 2.29. The first-order valence-corrected chi connectivity index (χ1v) is 6.82. The zero-order valence-corrected chi connectivity index (χ0v) is 11.1. The van der Waals surface area contributed by atoms with E-state index in [2.05, 4.69) is 10.3 Å². The number of nitrogens with one attached hydrogen (secondary N) is 1. The van der Waals surface area contributed by atoms with Crippen LogP contribution in [0.15, 0.2) is 24.5 Å². The third-order valence-electron chi connectivity index (χ3n) is 3.57. The molecule has 0 bridgehead atoms. The Hall–Kier alpha value is -1.62. The first kappa shape index (κ1) is 13.8. The maximum Gasteiger partial charge on any atom is 0.317 e. The van der Waals surface area contributed by atoms with Crippen molar-refractivity contribution in [3.63, 3.8) is 0 Å². The molecule has 1 aromatic rings. The molecule has 2 N–H and O–H groups in total. The number of rotatable bonds is 4. The number of hydrogen-bond acceptors (Lipinski definition) is 3. The summed E-state index contributed by atoms with van der Waals surface area (Å²) in [6, 6.07) is 3.91. The maximum absolute atomic E-state index is 11.9. The van der Waals surface area contributed by atoms with E-state index >= 15 is 0 Å². The second-order valence-electron chi connectivity index (χ2n) is 4.96. The van der Waals surface area contributed by atoms with Crippen LogP contribution < -0.4 is 5.32 Å². The highest BCUT2D eigenvalue weighted by Gasteiger charge is 2.21. The summed E-state index contributed by atoms with van der Waals surface area (Å²) in [5.41, 5.74) is 1.13. The summed E-state index contributed by atoms with van der Waals surface area (Å²) in [5, 5.41) is 12.0. The molecule has 2 heterocycles. The van der Waals surface area contributed by atoms with Gasteiger partial charge in [0.2, 0.25) is 0 Å². The van der Waals surface area contributed by atoms with Gasteiger partial charge in [-0.25, -0.2) is 4.79 Å². The number of amides is 2. The number of carbonyl (C=O) groups excluding carboxylic acids is 1. The van der Waals surface area contributed by atoms with E-state index in [4.69, 9.17) is 5.11 Å². The molecule has 0 radical (unpaired) electrons. The molecule has 5 heteroatoms. The molecule has 1 saturated heterocycles. The monoisotopic (exact) mass is 263 g/mol. The lowest BCUT2D eigenvalue weighted by Crippen LogP contribution is -2.45. The molecule has 1 fully saturated rings. The van der Waals surface area contributed by atoms with Gasteiger partial charge in [0.15, 0.2) is 0 Å². The Morgan fingerprint density at radius 2 is 2.26 bits per heavy atom. The summed E-state index contributed by atoms with van der Waals surface area (Å²) < 4.78 is 0. The van der Waals surface area contributed by atoms with E-state index in [1.807, 2.05) is 23.2 Å². The van der Waals surface area contributed by atoms with Crippen molar-refractivity contribution >= 4 is 6.03 Å². The number of pyridine rings is 1. The van der Waals surface area contributed by atoms with Crippen molar-refractivity contribution in [3.05, 3.63) is 30.1 Å². The highest BCUT2D eigenvalue weighted by atomic mass is 16.3. The number of aromatic nitrogens is 1. The molecule has 2 amide bonds. The Labute approximate surface area is 113 Å². The Balaban J connectivity index is 1.67. The predicted molar refractivity (Wildman–Crippen MR) is 72.7 cm³/mol. The van der Waals surface area contributed by atoms with E-state index in [0.717, 1.165) is 37.9 Å². The summed E-state index contributed by atoms with van der Waals surface area (Å²) in [7, 11) is 0. The molecule has 2 rings (SSSR count). The molecule has 0 atom stereocenters. The number of piperidine rings is 1. The van der Waals surface area contributed by atoms with Gasteiger partial charge in [0.1, 0.15) is 0 Å². The van der Waals surface area contributed by atoms with Crippen molar-refractivity contribution in [2.75, 3.05) is 26.2 Å². The van der Waals surface area contributed by atoms with Gasteiger partial charge in [0.05, 0.1) is 0 Å². The molecule has 0 saturated carbocycles. The minimum absolute atomic E-state index is 0.000259. The van der Waals surface area contributed by atoms with Crippen LogP contribution in [0.5, 0.6) is 0 Å². The maximum atomic E-state index is 11.9. The van der Waals surface area contributed by atoms with Crippen LogP contribution in [0, 0.1) is 5.92 Å². The second-order valence-corrected chi connectivity index (χ2v) is 4.96. The minimum Gasteiger partial charge on any atom is -0.396 e. The zero-order valence-electron chi connectivity index (χ0n) is 11.1. The highest BCUT2D eigenvalue weighted by molar-refractivity contribution is 5.74. The summed E-state index contributed by atoms with van der Waals surface area (Å²) in [6.45, 7) is 2.34. The second kappa shape index (κ2) is 7.09. The molecule has 0 aliphatic carbocycles. The third-order valence-corrected chi connectivity index (χ3v) is 3.57. The van der Waals surface area contributed by atoms with E-state index in [0.29, 0.717) is 12.5 Å². The van der Waals surface area contributed by atoms with Crippen LogP contribution in [0.3, 0.4) is 0 Å². The van der Waals surface area contributed by atoms with Gasteiger partial charge in [-0.05, 0) is 36.8 Å². The average Bonchev–Trinajstić information content (AvgIpc) is 2.48. The molecule has 1 aromatic heterocycles. The average molecular weight is 263 g/mol. The smallest absolute Gasteiger partial charge is 0.317 e. The number of nitrogens with zero attached hydrogens (tertiary/aromatic N) is 2. The summed E-state index contributed by atoms with van der Waals surface area (Å²) in [4.78, 5) is 17.8. The quantitative estimate of drug-likeness (QED) is 0.853. The largest absolute Gasteiger partial charge is 0.396 e. The van der Waals surface area contributed by atoms with E-state index < -0.39 is 0 Å². The van der Waals surface area contributed by atoms with Gasteiger partial charge in [-0.15, -0.1) is 0 Å². The molecule has 1 aliphatic rings. The van der Waals surface area contributed by atoms with Gasteiger partial charge in [0, 0.05) is 38.6 Å². The van der Waals surface area contributed by atoms with Crippen molar-refractivity contribution in [1.29, 1.82) is 0 Å². The molecule has 0 spiro atoms. The van der Waals surface area contributed by atoms with E-state index in [1.54, 1.807) is 6.20 Å². The molecule has 0 unspecified atom stereocenters. The molecule has 0 aromatic carbocycles. The molecule has 104 valence electrons. The third kappa shape index (κ3) is 4.21. The van der Waals surface area contributed by atoms with Gasteiger partial charge in [0.25, 0.3) is 0 Å². The van der Waals surface area contributed by atoms with Gasteiger partial charge in [-0.3, -0.25) is 4.98 Å². The first-order valence-electron chi connectivity index (χ1n) is 6.82. The van der Waals surface area contributed by atoms with Crippen molar-refractivity contribution in [2.24, 2.45) is 5.92 Å². The van der Waals surface area contributed by atoms with Gasteiger partial charge >= 0.3 is 6.03 Å². The zero-order chi connectivity index (χ0) is 13.5. The lowest BCUT2D eigenvalue weighted by Gasteiger charge is -2.31. The number of aliphatic hydroxyl groups excluding tert-OH is 1. The Morgan fingerprint density at radius 3 is 2.89 bits per heavy atom. The first-order chi connectivity index (χ1) is 9.29. The Kier molecular flexibility index (Phi) is 5.15. The fourth-order valence-electron chi connectivity index (χ4n) is 2.29. The topological polar surface area (TPSA) is 65.5 Å². The molecular weight excluding hydrogens is 242 g/mol. The Bertz CT molecular complexity index is 389. The van der Waals surface area contributed by atoms with Crippen molar-refractivity contribution in [2.45, 2.75) is 19.3 Å². The normalized spacial score (nSPS) is 16.4. The van der Waals surface area contributed by atoms with Crippen LogP contribution in [0.4, 0.5) is 4.79 Å². The summed E-state index contributed by atoms with van der Waals surface area (Å²) in [6.07, 6.45) is 6.15. The van der Waals surface area contributed by atoms with Crippen LogP contribution in [0.2, 0.25) is 0 Å². The molecule has 1 aliphatic heterocycles. The number of aliphatic hydroxyl groups is 1. The van der Waals surface area contributed by atoms with Crippen LogP contribution in [-0.4, -0.2) is 47.3 Å². The Morgan fingerprint density at radius 1 is 1.47 bits per heavy atom. The molecule has 19 heavy (non-hydrogen) atoms. The lowest BCUT2D eigenvalue weighted by molar-refractivity contribution is 0.137. The van der Waals surface area contributed by atoms with Gasteiger partial charge < -0.3 is 15.3 Å². The van der Waals surface area contributed by atoms with E-state index in [-0.39, 0.29) is 12.6 Å². The minimum atomic E-state index is 0.000259. The van der Waals surface area contributed by atoms with E-state index in [1.165, 1.54) is 0 Å². The highest BCUT2D eigenvalue weighted by Crippen LogP contribution is 2.16. The van der Waals surface area contributed by atoms with Crippen molar-refractivity contribution in [3.8, 4) is 0 Å². The SMILES string of the molecule is O=C(NCCc1cccnc1)N1CCC(CO)CC1. The van der Waals surface area contributed by atoms with Gasteiger partial charge in [-0.2, -0.15) is 0 Å². The summed E-state index contributed by atoms with van der Waals surface area (Å²) in [5.74, 6) is 0.361. The number of likely N-dealkylation sites (tertiary alicyclic amines) is 1. The van der Waals surface area contributed by atoms with Crippen molar-refractivity contribution < 1.29 is 9.90 Å². The standard InChI is InChI=1S/C14H21N3O2/c18-11-13-4-8-17(9-5-13)14(19)16-7-3-12-2-1-6-15-10-12/h1-2,6,10,13,18H,3-5,7-9,11H2,(H,16,19). The predicted octanol–water partition coefficient (Wildman–Crippen LogP) is 1.04. The van der Waals surface area contributed by atoms with Crippen molar-refractivity contribution in [1.82, 2.24) is 15.2 Å². The van der Waals surface area contributed by atoms with Crippen LogP contribution >= 0.6 is 0 Å². The van der Waals surface area contributed by atoms with Crippen LogP contribution in [0.1, 0.15) is 18.4 Å². The molecular formula is C14H21N3O2. The van der Waals surface area contributed by atoms with Crippen LogP contribution in [-0.2, 0) is 6.42 Å². The van der Waals surface area contributed by atoms with Crippen LogP contribution in [0.25, 0.3) is 0 Å². The number of urea groups is 1. The number of hydrogen-bond donors (Lipinski definition) is 2. The molecule has 5 nitrogen and oxygen atoms in total. The van der Waals surface area contributed by atoms with E-state index in [9.17, 15) is 4.79 Å². The fraction of sp³-hybridized carbons (Fsp3) is 0.571.